The lowest BCUT2D eigenvalue weighted by molar-refractivity contribution is -0.117. The average molecular weight is 823 g/mol. The number of halogens is 2. The van der Waals surface area contributed by atoms with Gasteiger partial charge in [0.1, 0.15) is 22.8 Å². The van der Waals surface area contributed by atoms with E-state index in [-0.39, 0.29) is 47.4 Å². The highest BCUT2D eigenvalue weighted by molar-refractivity contribution is 6.18. The third-order valence-corrected chi connectivity index (χ3v) is 8.90. The van der Waals surface area contributed by atoms with Crippen LogP contribution in [-0.2, 0) is 33.0 Å². The predicted molar refractivity (Wildman–Crippen MR) is 215 cm³/mol. The summed E-state index contributed by atoms with van der Waals surface area (Å²) >= 11 is 11.8. The van der Waals surface area contributed by atoms with E-state index in [0.29, 0.717) is 41.8 Å². The molecule has 6 amide bonds. The van der Waals surface area contributed by atoms with Crippen LogP contribution in [-0.4, -0.2) is 95.5 Å². The van der Waals surface area contributed by atoms with Gasteiger partial charge in [0.2, 0.25) is 5.91 Å². The first-order valence-corrected chi connectivity index (χ1v) is 18.4. The number of amides is 6. The number of carbonyl (C=O) groups is 6. The summed E-state index contributed by atoms with van der Waals surface area (Å²) in [4.78, 5) is 78.0. The van der Waals surface area contributed by atoms with Crippen LogP contribution in [0.3, 0.4) is 0 Å². The minimum absolute atomic E-state index is 0.00887. The van der Waals surface area contributed by atoms with Crippen molar-refractivity contribution in [3.63, 3.8) is 0 Å². The highest BCUT2D eigenvalue weighted by atomic mass is 35.5. The van der Waals surface area contributed by atoms with Gasteiger partial charge in [-0.05, 0) is 36.4 Å². The number of carbonyl (C=O) groups excluding carboxylic acids is 6. The normalized spacial score (nSPS) is 10.8. The molecule has 19 nitrogen and oxygen atoms in total. The Labute approximate surface area is 336 Å². The first-order chi connectivity index (χ1) is 27.2. The molecule has 300 valence electrons. The molecule has 0 fully saturated rings. The number of nitrogens with zero attached hydrogens (tertiary/aromatic N) is 7. The van der Waals surface area contributed by atoms with Gasteiger partial charge in [0.05, 0.1) is 11.4 Å². The van der Waals surface area contributed by atoms with Crippen molar-refractivity contribution in [1.29, 1.82) is 0 Å². The van der Waals surface area contributed by atoms with E-state index in [0.717, 1.165) is 5.69 Å². The van der Waals surface area contributed by atoms with Gasteiger partial charge in [-0.1, -0.05) is 0 Å². The number of hydrogen-bond donors (Lipinski definition) is 6. The minimum Gasteiger partial charge on any atom is -0.370 e. The number of rotatable bonds is 17. The van der Waals surface area contributed by atoms with Gasteiger partial charge in [0, 0.05) is 102 Å². The molecule has 0 unspecified atom stereocenters. The molecule has 0 bridgehead atoms. The maximum Gasteiger partial charge on any atom is 0.275 e. The van der Waals surface area contributed by atoms with Crippen LogP contribution in [0.25, 0.3) is 0 Å². The fourth-order valence-electron chi connectivity index (χ4n) is 5.75. The SMILES string of the molecule is Cn1cc(NC(=O)c2cc(NC(=O)c3cc(NC(=O)c4cc(NC(=O)c5ccc(N(CCCl)CCCl)cc5)nn4C)nn3C)cn2C)cc1C(=O)NCCC(N)=O. The van der Waals surface area contributed by atoms with Gasteiger partial charge in [0.15, 0.2) is 11.6 Å². The van der Waals surface area contributed by atoms with Gasteiger partial charge in [-0.15, -0.1) is 23.2 Å². The molecule has 7 N–H and O–H groups in total. The standard InChI is InChI=1S/C36H41Cl2N13O6/c1-47-19-22(15-25(47)33(54)40-12-9-29(39)52)41-34(55)26-16-23(20-48(26)2)42-35(56)27-17-31(46-49(27)3)44-36(57)28-18-30(45-50(28)4)43-32(53)21-5-7-24(8-6-21)51(13-10-37)14-11-38/h5-8,15-20H,9-14H2,1-4H3,(H2,39,52)(H,40,54)(H,41,55)(H,42,56)(H,43,45,53)(H,44,46,57). The summed E-state index contributed by atoms with van der Waals surface area (Å²) in [6, 6.07) is 12.7. The maximum absolute atomic E-state index is 13.3. The summed E-state index contributed by atoms with van der Waals surface area (Å²) in [5, 5.41) is 21.9. The van der Waals surface area contributed by atoms with Gasteiger partial charge in [-0.25, -0.2) is 0 Å². The lowest BCUT2D eigenvalue weighted by Crippen LogP contribution is -2.29. The number of alkyl halides is 2. The lowest BCUT2D eigenvalue weighted by Gasteiger charge is -2.22. The first-order valence-electron chi connectivity index (χ1n) is 17.4. The van der Waals surface area contributed by atoms with E-state index in [1.807, 2.05) is 4.90 Å². The Morgan fingerprint density at radius 1 is 0.632 bits per heavy atom. The Morgan fingerprint density at radius 2 is 1.09 bits per heavy atom. The van der Waals surface area contributed by atoms with Gasteiger partial charge < -0.3 is 46.4 Å². The van der Waals surface area contributed by atoms with Gasteiger partial charge in [-0.2, -0.15) is 10.2 Å². The first kappa shape index (κ1) is 41.6. The molecule has 1 aromatic carbocycles. The summed E-state index contributed by atoms with van der Waals surface area (Å²) < 4.78 is 5.62. The van der Waals surface area contributed by atoms with E-state index in [1.54, 1.807) is 57.8 Å². The molecule has 0 radical (unpaired) electrons. The molecule has 4 heterocycles. The molecule has 5 rings (SSSR count). The molecule has 0 atom stereocenters. The summed E-state index contributed by atoms with van der Waals surface area (Å²) in [7, 11) is 6.32. The van der Waals surface area contributed by atoms with Crippen molar-refractivity contribution in [3.05, 3.63) is 89.3 Å². The van der Waals surface area contributed by atoms with E-state index in [2.05, 4.69) is 36.8 Å². The average Bonchev–Trinajstić information content (AvgIpc) is 3.92. The molecule has 0 aliphatic heterocycles. The summed E-state index contributed by atoms with van der Waals surface area (Å²) in [5.74, 6) is -1.99. The van der Waals surface area contributed by atoms with Gasteiger partial charge >= 0.3 is 0 Å². The zero-order valence-electron chi connectivity index (χ0n) is 31.4. The van der Waals surface area contributed by atoms with E-state index in [1.165, 1.54) is 49.8 Å². The van der Waals surface area contributed by atoms with Gasteiger partial charge in [0.25, 0.3) is 29.5 Å². The molecule has 0 saturated carbocycles. The minimum atomic E-state index is -0.591. The molecule has 4 aromatic heterocycles. The second-order valence-electron chi connectivity index (χ2n) is 12.7. The van der Waals surface area contributed by atoms with Crippen molar-refractivity contribution >= 4 is 87.3 Å². The zero-order valence-corrected chi connectivity index (χ0v) is 32.9. The Hall–Kier alpha value is -6.60. The number of aromatic nitrogens is 6. The summed E-state index contributed by atoms with van der Waals surface area (Å²) in [5.41, 5.74) is 7.70. The molecule has 5 aromatic rings. The molecule has 0 saturated heterocycles. The Morgan fingerprint density at radius 3 is 1.58 bits per heavy atom. The van der Waals surface area contributed by atoms with Crippen molar-refractivity contribution in [2.45, 2.75) is 6.42 Å². The topological polar surface area (TPSA) is 237 Å². The molecule has 0 spiro atoms. The van der Waals surface area contributed by atoms with Crippen LogP contribution in [0, 0.1) is 0 Å². The highest BCUT2D eigenvalue weighted by Gasteiger charge is 2.21. The summed E-state index contributed by atoms with van der Waals surface area (Å²) in [6.07, 6.45) is 3.09. The van der Waals surface area contributed by atoms with Crippen molar-refractivity contribution < 1.29 is 28.8 Å². The van der Waals surface area contributed by atoms with E-state index in [4.69, 9.17) is 28.9 Å². The van der Waals surface area contributed by atoms with Crippen molar-refractivity contribution in [3.8, 4) is 0 Å². The van der Waals surface area contributed by atoms with Crippen LogP contribution < -0.4 is 37.2 Å². The fourth-order valence-corrected chi connectivity index (χ4v) is 6.15. The van der Waals surface area contributed by atoms with E-state index >= 15 is 0 Å². The Kier molecular flexibility index (Phi) is 13.4. The maximum atomic E-state index is 13.3. The molecule has 0 aliphatic carbocycles. The highest BCUT2D eigenvalue weighted by Crippen LogP contribution is 2.21. The second kappa shape index (κ2) is 18.4. The molecule has 57 heavy (non-hydrogen) atoms. The van der Waals surface area contributed by atoms with Crippen LogP contribution in [0.4, 0.5) is 28.7 Å². The number of benzene rings is 1. The van der Waals surface area contributed by atoms with Crippen LogP contribution in [0.2, 0.25) is 0 Å². The number of aryl methyl sites for hydroxylation is 4. The molecular weight excluding hydrogens is 781 g/mol. The largest absolute Gasteiger partial charge is 0.370 e. The van der Waals surface area contributed by atoms with Crippen molar-refractivity contribution in [1.82, 2.24) is 34.0 Å². The third-order valence-electron chi connectivity index (χ3n) is 8.56. The molecule has 0 aliphatic rings. The summed E-state index contributed by atoms with van der Waals surface area (Å²) in [6.45, 7) is 1.29. The van der Waals surface area contributed by atoms with E-state index < -0.39 is 35.4 Å². The third kappa shape index (κ3) is 10.4. The smallest absolute Gasteiger partial charge is 0.275 e. The number of nitrogens with two attached hydrogens (primary N) is 1. The fraction of sp³-hybridized carbons (Fsp3) is 0.278. The number of anilines is 5. The number of hydrogen-bond acceptors (Lipinski definition) is 9. The lowest BCUT2D eigenvalue weighted by atomic mass is 10.2. The van der Waals surface area contributed by atoms with Crippen LogP contribution in [0.1, 0.15) is 58.7 Å². The van der Waals surface area contributed by atoms with Crippen LogP contribution >= 0.6 is 23.2 Å². The Bertz CT molecular complexity index is 2300. The monoisotopic (exact) mass is 821 g/mol. The molecule has 21 heteroatoms. The molecular formula is C36H41Cl2N13O6. The van der Waals surface area contributed by atoms with Crippen LogP contribution in [0.5, 0.6) is 0 Å². The van der Waals surface area contributed by atoms with E-state index in [9.17, 15) is 28.8 Å². The second-order valence-corrected chi connectivity index (χ2v) is 13.5. The van der Waals surface area contributed by atoms with Gasteiger partial charge in [-0.3, -0.25) is 38.1 Å². The predicted octanol–water partition coefficient (Wildman–Crippen LogP) is 2.73. The Balaban J connectivity index is 1.17. The van der Waals surface area contributed by atoms with Crippen molar-refractivity contribution in [2.24, 2.45) is 33.9 Å². The number of primary amides is 1. The zero-order chi connectivity index (χ0) is 41.4. The quantitative estimate of drug-likeness (QED) is 0.0756. The van der Waals surface area contributed by atoms with Crippen molar-refractivity contribution in [2.75, 3.05) is 57.6 Å². The number of nitrogens with one attached hydrogen (secondary N) is 5. The van der Waals surface area contributed by atoms with Crippen LogP contribution in [0.15, 0.2) is 60.9 Å².